The number of fused-ring (bicyclic) bond motifs is 2. The number of anilines is 2. The van der Waals surface area contributed by atoms with Gasteiger partial charge in [-0.1, -0.05) is 36.4 Å². The topological polar surface area (TPSA) is 80.6 Å². The Morgan fingerprint density at radius 1 is 1.00 bits per heavy atom. The van der Waals surface area contributed by atoms with E-state index >= 15 is 0 Å². The molecule has 0 unspecified atom stereocenters. The molecule has 1 aliphatic heterocycles. The van der Waals surface area contributed by atoms with Crippen LogP contribution in [0.15, 0.2) is 77.2 Å². The number of amides is 2. The Kier molecular flexibility index (Phi) is 4.88. The van der Waals surface area contributed by atoms with Gasteiger partial charge in [0.15, 0.2) is 5.76 Å². The number of nitrogens with one attached hydrogen (secondary N) is 2. The quantitative estimate of drug-likeness (QED) is 0.475. The maximum Gasteiger partial charge on any atom is 0.291 e. The Bertz CT molecular complexity index is 1280. The van der Waals surface area contributed by atoms with E-state index in [4.69, 9.17) is 9.15 Å². The minimum Gasteiger partial charge on any atom is -0.489 e. The van der Waals surface area contributed by atoms with Crippen molar-refractivity contribution in [3.05, 3.63) is 89.7 Å². The zero-order valence-electron chi connectivity index (χ0n) is 16.7. The van der Waals surface area contributed by atoms with Crippen molar-refractivity contribution in [2.24, 2.45) is 0 Å². The van der Waals surface area contributed by atoms with E-state index in [0.29, 0.717) is 29.7 Å². The lowest BCUT2D eigenvalue weighted by Crippen LogP contribution is -2.19. The summed E-state index contributed by atoms with van der Waals surface area (Å²) in [7, 11) is 0. The first-order valence-corrected chi connectivity index (χ1v) is 10.1. The van der Waals surface area contributed by atoms with Crippen molar-refractivity contribution in [3.8, 4) is 5.75 Å². The third kappa shape index (κ3) is 3.88. The lowest BCUT2D eigenvalue weighted by molar-refractivity contribution is -0.116. The van der Waals surface area contributed by atoms with Gasteiger partial charge in [-0.2, -0.15) is 0 Å². The summed E-state index contributed by atoms with van der Waals surface area (Å²) in [6, 6.07) is 22.4. The van der Waals surface area contributed by atoms with E-state index in [2.05, 4.69) is 10.6 Å². The zero-order valence-corrected chi connectivity index (χ0v) is 16.7. The van der Waals surface area contributed by atoms with Crippen LogP contribution >= 0.6 is 0 Å². The molecule has 6 heteroatoms. The largest absolute Gasteiger partial charge is 0.489 e. The minimum absolute atomic E-state index is 0.00891. The van der Waals surface area contributed by atoms with Crippen LogP contribution in [0.5, 0.6) is 5.75 Å². The maximum absolute atomic E-state index is 13.1. The minimum atomic E-state index is -0.345. The Balaban J connectivity index is 1.42. The van der Waals surface area contributed by atoms with Gasteiger partial charge in [0.1, 0.15) is 17.9 Å². The van der Waals surface area contributed by atoms with Gasteiger partial charge in [-0.3, -0.25) is 9.59 Å². The monoisotopic (exact) mass is 412 g/mol. The molecule has 0 radical (unpaired) electrons. The summed E-state index contributed by atoms with van der Waals surface area (Å²) in [6.45, 7) is 0.208. The predicted molar refractivity (Wildman–Crippen MR) is 118 cm³/mol. The van der Waals surface area contributed by atoms with E-state index in [0.717, 1.165) is 22.4 Å². The van der Waals surface area contributed by atoms with E-state index in [-0.39, 0.29) is 24.2 Å². The van der Waals surface area contributed by atoms with Crippen molar-refractivity contribution >= 4 is 34.2 Å². The highest BCUT2D eigenvalue weighted by molar-refractivity contribution is 6.06. The summed E-state index contributed by atoms with van der Waals surface area (Å²) in [4.78, 5) is 24.7. The van der Waals surface area contributed by atoms with Gasteiger partial charge in [0.05, 0.1) is 0 Å². The second kappa shape index (κ2) is 7.99. The van der Waals surface area contributed by atoms with Crippen molar-refractivity contribution in [2.75, 3.05) is 10.6 Å². The first-order chi connectivity index (χ1) is 15.2. The third-order valence-corrected chi connectivity index (χ3v) is 5.29. The lowest BCUT2D eigenvalue weighted by atomic mass is 10.0. The molecule has 1 aromatic heterocycles. The highest BCUT2D eigenvalue weighted by Gasteiger charge is 2.22. The van der Waals surface area contributed by atoms with E-state index in [9.17, 15) is 9.59 Å². The molecule has 2 heterocycles. The molecule has 2 amide bonds. The third-order valence-electron chi connectivity index (χ3n) is 5.29. The van der Waals surface area contributed by atoms with Crippen LogP contribution in [0, 0.1) is 0 Å². The SMILES string of the molecule is O=C1CCc2cc(NC(=O)c3oc4ccccc4c3COc3ccccc3)ccc2N1. The summed E-state index contributed by atoms with van der Waals surface area (Å²) in [5.41, 5.74) is 3.76. The van der Waals surface area contributed by atoms with Crippen LogP contribution in [0.1, 0.15) is 28.1 Å². The first-order valence-electron chi connectivity index (χ1n) is 10.1. The average Bonchev–Trinajstić information content (AvgIpc) is 3.17. The van der Waals surface area contributed by atoms with Crippen molar-refractivity contribution in [1.29, 1.82) is 0 Å². The summed E-state index contributed by atoms with van der Waals surface area (Å²) in [5.74, 6) is 0.608. The molecule has 1 aliphatic rings. The number of aryl methyl sites for hydroxylation is 1. The molecule has 31 heavy (non-hydrogen) atoms. The molecule has 0 fully saturated rings. The van der Waals surface area contributed by atoms with E-state index in [1.54, 1.807) is 12.1 Å². The van der Waals surface area contributed by atoms with Gasteiger partial charge in [-0.15, -0.1) is 0 Å². The number of para-hydroxylation sites is 2. The number of carbonyl (C=O) groups is 2. The molecule has 154 valence electrons. The van der Waals surface area contributed by atoms with E-state index in [1.165, 1.54) is 0 Å². The van der Waals surface area contributed by atoms with Gasteiger partial charge in [0, 0.05) is 28.7 Å². The fraction of sp³-hybridized carbons (Fsp3) is 0.120. The Morgan fingerprint density at radius 3 is 2.68 bits per heavy atom. The van der Waals surface area contributed by atoms with E-state index in [1.807, 2.05) is 60.7 Å². The average molecular weight is 412 g/mol. The normalized spacial score (nSPS) is 12.8. The first kappa shape index (κ1) is 18.9. The Morgan fingerprint density at radius 2 is 1.81 bits per heavy atom. The van der Waals surface area contributed by atoms with Crippen LogP contribution in [0.3, 0.4) is 0 Å². The number of furan rings is 1. The summed E-state index contributed by atoms with van der Waals surface area (Å²) in [5, 5.41) is 6.61. The van der Waals surface area contributed by atoms with Crippen molar-refractivity contribution in [1.82, 2.24) is 0 Å². The molecule has 0 saturated carbocycles. The second-order valence-electron chi connectivity index (χ2n) is 7.38. The van der Waals surface area contributed by atoms with Crippen molar-refractivity contribution < 1.29 is 18.7 Å². The fourth-order valence-electron chi connectivity index (χ4n) is 3.75. The van der Waals surface area contributed by atoms with Crippen molar-refractivity contribution in [3.63, 3.8) is 0 Å². The van der Waals surface area contributed by atoms with Crippen LogP contribution in [0.2, 0.25) is 0 Å². The van der Waals surface area contributed by atoms with Gasteiger partial charge >= 0.3 is 0 Å². The molecule has 2 N–H and O–H groups in total. The molecule has 0 atom stereocenters. The highest BCUT2D eigenvalue weighted by atomic mass is 16.5. The number of hydrogen-bond donors (Lipinski definition) is 2. The van der Waals surface area contributed by atoms with Crippen molar-refractivity contribution in [2.45, 2.75) is 19.4 Å². The second-order valence-corrected chi connectivity index (χ2v) is 7.38. The molecule has 0 aliphatic carbocycles. The van der Waals surface area contributed by atoms with Crippen LogP contribution in [-0.2, 0) is 17.8 Å². The molecule has 6 nitrogen and oxygen atoms in total. The number of hydrogen-bond acceptors (Lipinski definition) is 4. The maximum atomic E-state index is 13.1. The molecule has 0 saturated heterocycles. The number of ether oxygens (including phenoxy) is 1. The summed E-state index contributed by atoms with van der Waals surface area (Å²) >= 11 is 0. The smallest absolute Gasteiger partial charge is 0.291 e. The fourth-order valence-corrected chi connectivity index (χ4v) is 3.75. The van der Waals surface area contributed by atoms with Gasteiger partial charge in [0.25, 0.3) is 5.91 Å². The van der Waals surface area contributed by atoms with E-state index < -0.39 is 0 Å². The number of rotatable bonds is 5. The Labute approximate surface area is 178 Å². The molecular weight excluding hydrogens is 392 g/mol. The zero-order chi connectivity index (χ0) is 21.2. The molecule has 3 aromatic carbocycles. The molecular formula is C25H20N2O4. The molecule has 4 aromatic rings. The highest BCUT2D eigenvalue weighted by Crippen LogP contribution is 2.29. The van der Waals surface area contributed by atoms with Crippen LogP contribution in [0.4, 0.5) is 11.4 Å². The summed E-state index contributed by atoms with van der Waals surface area (Å²) < 4.78 is 11.8. The molecule has 5 rings (SSSR count). The molecule has 0 spiro atoms. The Hall–Kier alpha value is -4.06. The van der Waals surface area contributed by atoms with Gasteiger partial charge in [0.2, 0.25) is 5.91 Å². The van der Waals surface area contributed by atoms with Crippen LogP contribution < -0.4 is 15.4 Å². The standard InChI is InChI=1S/C25H20N2O4/c28-23-13-10-16-14-17(11-12-21(16)27-23)26-25(29)24-20(15-30-18-6-2-1-3-7-18)19-8-4-5-9-22(19)31-24/h1-9,11-12,14H,10,13,15H2,(H,26,29)(H,27,28). The molecule has 0 bridgehead atoms. The number of benzene rings is 3. The van der Waals surface area contributed by atoms with Crippen LogP contribution in [0.25, 0.3) is 11.0 Å². The number of carbonyl (C=O) groups excluding carboxylic acids is 2. The van der Waals surface area contributed by atoms with Crippen LogP contribution in [-0.4, -0.2) is 11.8 Å². The van der Waals surface area contributed by atoms with Gasteiger partial charge < -0.3 is 19.8 Å². The van der Waals surface area contributed by atoms with Gasteiger partial charge in [-0.25, -0.2) is 0 Å². The summed E-state index contributed by atoms with van der Waals surface area (Å²) in [6.07, 6.45) is 1.08. The predicted octanol–water partition coefficient (Wildman–Crippen LogP) is 5.15. The van der Waals surface area contributed by atoms with Gasteiger partial charge in [-0.05, 0) is 48.4 Å². The lowest BCUT2D eigenvalue weighted by Gasteiger charge is -2.17.